The van der Waals surface area contributed by atoms with E-state index in [1.807, 2.05) is 140 Å². The van der Waals surface area contributed by atoms with E-state index in [0.29, 0.717) is 77.6 Å². The number of aliphatic imine (C=N–C) groups is 4. The summed E-state index contributed by atoms with van der Waals surface area (Å²) in [6, 6.07) is 125. The summed E-state index contributed by atoms with van der Waals surface area (Å²) in [7, 11) is 3.23. The first kappa shape index (κ1) is 92.6. The number of benzene rings is 14. The summed E-state index contributed by atoms with van der Waals surface area (Å²) >= 11 is 0. The van der Waals surface area contributed by atoms with Gasteiger partial charge in [0.05, 0.1) is 29.8 Å². The maximum absolute atomic E-state index is 12.2. The lowest BCUT2D eigenvalue weighted by Gasteiger charge is -2.34. The standard InChI is InChI=1S/C37H32O5.C32H20N8.C30H27N.C10H12O3.2C3H6O/c1-39-23-24-40-30-19-15-28(16-20-30)37(34-13-7-5-11-32(34)33-12-6-8-14-35(33)37)29-17-21-31(22-18-29)41-25-26-42-36(38)27-9-3-2-4-10-27;1-2-10-18-17(9-1)25-33-26(18)38-28-21-13-5-6-14-22(21)30(35-28)40-32-24-16-8-7-15-23(24)31(36-32)39-29-20-12-4-3-11-19(20)27(34-29)37-25;1-24(2)23-31(28-16-10-5-11-17-28)29-20-18-25(19-21-29)22-30(26-12-6-3-7-13-26)27-14-8-4-9-15-27;1-12-7-8-13-10(11)9-5-3-2-4-6-9;2*1-3(2)4/h2-22H,23-26H2,1H3;1-16,25-26,33H,(H,34,35,36,37,38,39,40);3-23H,1-2H3;2-6H,7-8H2,1H3;2*1-2H3. The summed E-state index contributed by atoms with van der Waals surface area (Å²) in [6.45, 7) is 12.6. The number of aromatic amines is 1. The molecule has 5 heterocycles. The second-order valence-corrected chi connectivity index (χ2v) is 32.2. The zero-order chi connectivity index (χ0) is 93.1. The van der Waals surface area contributed by atoms with Gasteiger partial charge < -0.3 is 47.9 Å². The third kappa shape index (κ3) is 22.5. The summed E-state index contributed by atoms with van der Waals surface area (Å²) in [6.07, 6.45) is 3.82. The van der Waals surface area contributed by atoms with Crippen LogP contribution in [0.25, 0.3) is 33.5 Å². The van der Waals surface area contributed by atoms with Gasteiger partial charge in [0.1, 0.15) is 72.8 Å². The topological polar surface area (TPSA) is 229 Å². The largest absolute Gasteiger partial charge is 0.491 e. The van der Waals surface area contributed by atoms with E-state index < -0.39 is 5.41 Å². The molecule has 2 unspecified atom stereocenters. The molecule has 0 saturated heterocycles. The number of nitrogens with one attached hydrogen (secondary N) is 2. The number of amidine groups is 4. The van der Waals surface area contributed by atoms with E-state index in [-0.39, 0.29) is 49.1 Å². The minimum Gasteiger partial charge on any atom is -0.491 e. The minimum absolute atomic E-state index is 0.166. The lowest BCUT2D eigenvalue weighted by molar-refractivity contribution is -0.115. The van der Waals surface area contributed by atoms with E-state index in [9.17, 15) is 19.2 Å². The van der Waals surface area contributed by atoms with Crippen LogP contribution in [0.2, 0.25) is 0 Å². The van der Waals surface area contributed by atoms with E-state index in [1.54, 1.807) is 50.6 Å². The number of ketones is 2. The average Bonchev–Trinajstić information content (AvgIpc) is 1.53. The molecule has 2 N–H and O–H groups in total. The molecular formula is C115H103N9O10. The molecule has 4 aliphatic heterocycles. The van der Waals surface area contributed by atoms with Crippen molar-refractivity contribution in [3.05, 3.63) is 476 Å². The summed E-state index contributed by atoms with van der Waals surface area (Å²) in [4.78, 5) is 78.2. The number of methoxy groups -OCH3 is 2. The van der Waals surface area contributed by atoms with Crippen molar-refractivity contribution in [2.75, 3.05) is 58.8 Å². The first-order chi connectivity index (χ1) is 65.5. The minimum atomic E-state index is -0.512. The number of nitrogens with zero attached hydrogens (tertiary/aromatic N) is 7. The molecule has 8 bridgehead atoms. The Balaban J connectivity index is 0.000000139. The highest BCUT2D eigenvalue weighted by Crippen LogP contribution is 2.56. The first-order valence-electron chi connectivity index (χ1n) is 44.4. The maximum atomic E-state index is 12.2. The quantitative estimate of drug-likeness (QED) is 0.0389. The fourth-order valence-corrected chi connectivity index (χ4v) is 16.2. The van der Waals surface area contributed by atoms with Gasteiger partial charge in [-0.25, -0.2) is 39.5 Å². The maximum Gasteiger partial charge on any atom is 0.338 e. The van der Waals surface area contributed by atoms with Crippen molar-refractivity contribution in [1.82, 2.24) is 10.3 Å². The molecule has 134 heavy (non-hydrogen) atoms. The normalized spacial score (nSPS) is 13.6. The Morgan fingerprint density at radius 3 is 1.09 bits per heavy atom. The van der Waals surface area contributed by atoms with Crippen molar-refractivity contribution in [2.24, 2.45) is 30.0 Å². The number of Topliss-reactive ketones (excluding diaryl/α,β-unsaturated/α-hetero) is 2. The second-order valence-electron chi connectivity index (χ2n) is 32.2. The number of allylic oxidation sites excluding steroid dienone is 1. The van der Waals surface area contributed by atoms with E-state index in [2.05, 4.69) is 235 Å². The van der Waals surface area contributed by atoms with E-state index in [1.165, 1.54) is 77.8 Å². The smallest absolute Gasteiger partial charge is 0.338 e. The number of carbonyl (C=O) groups excluding carboxylic acids is 4. The molecule has 0 fully saturated rings. The number of fused-ring (bicyclic) bond motifs is 21. The van der Waals surface area contributed by atoms with Crippen LogP contribution in [0.1, 0.15) is 147 Å². The average molecular weight is 1770 g/mol. The van der Waals surface area contributed by atoms with Crippen molar-refractivity contribution in [3.63, 3.8) is 0 Å². The molecule has 19 nitrogen and oxygen atoms in total. The molecule has 14 aromatic carbocycles. The van der Waals surface area contributed by atoms with Crippen molar-refractivity contribution in [1.29, 1.82) is 0 Å². The van der Waals surface area contributed by atoms with Crippen LogP contribution in [0.3, 0.4) is 0 Å². The molecule has 20 rings (SSSR count). The molecule has 1 aromatic heterocycles. The molecule has 668 valence electrons. The van der Waals surface area contributed by atoms with Crippen molar-refractivity contribution >= 4 is 80.6 Å². The number of H-pyrrole nitrogens is 1. The van der Waals surface area contributed by atoms with Gasteiger partial charge in [0.15, 0.2) is 23.3 Å². The number of carbonyl (C=O) groups is 4. The van der Waals surface area contributed by atoms with Crippen molar-refractivity contribution in [2.45, 2.75) is 59.3 Å². The molecule has 15 aromatic rings. The van der Waals surface area contributed by atoms with Gasteiger partial charge in [0, 0.05) is 64.8 Å². The monoisotopic (exact) mass is 1770 g/mol. The van der Waals surface area contributed by atoms with Crippen LogP contribution in [0.15, 0.2) is 412 Å². The number of aromatic nitrogens is 1. The summed E-state index contributed by atoms with van der Waals surface area (Å²) in [5.74, 6) is 3.72. The van der Waals surface area contributed by atoms with Crippen LogP contribution < -0.4 is 30.7 Å². The van der Waals surface area contributed by atoms with Crippen molar-refractivity contribution in [3.8, 4) is 22.6 Å². The number of para-hydroxylation sites is 1. The number of esters is 2. The Hall–Kier alpha value is -16.1. The fourth-order valence-electron chi connectivity index (χ4n) is 16.2. The van der Waals surface area contributed by atoms with Crippen LogP contribution in [0.4, 0.5) is 11.4 Å². The third-order valence-corrected chi connectivity index (χ3v) is 22.0. The lowest BCUT2D eigenvalue weighted by Crippen LogP contribution is -2.28. The van der Waals surface area contributed by atoms with Gasteiger partial charge in [-0.05, 0) is 187 Å². The lowest BCUT2D eigenvalue weighted by atomic mass is 9.68. The first-order valence-corrected chi connectivity index (χ1v) is 44.4. The highest BCUT2D eigenvalue weighted by atomic mass is 16.6. The summed E-state index contributed by atoms with van der Waals surface area (Å²) in [5.41, 5.74) is 23.5. The van der Waals surface area contributed by atoms with Gasteiger partial charge in [0.2, 0.25) is 0 Å². The zero-order valence-corrected chi connectivity index (χ0v) is 76.0. The van der Waals surface area contributed by atoms with Crippen LogP contribution in [-0.4, -0.2) is 106 Å². The predicted molar refractivity (Wildman–Crippen MR) is 534 cm³/mol. The van der Waals surface area contributed by atoms with Gasteiger partial charge in [0.25, 0.3) is 0 Å². The van der Waals surface area contributed by atoms with Crippen LogP contribution in [0.5, 0.6) is 11.5 Å². The molecule has 2 atom stereocenters. The molecule has 0 radical (unpaired) electrons. The molecule has 0 spiro atoms. The molecule has 5 aliphatic rings. The Morgan fingerprint density at radius 2 is 0.679 bits per heavy atom. The molecule has 1 aliphatic carbocycles. The van der Waals surface area contributed by atoms with Gasteiger partial charge in [-0.3, -0.25) is 5.32 Å². The predicted octanol–water partition coefficient (Wildman–Crippen LogP) is 22.5. The number of hydrogen-bond donors (Lipinski definition) is 2. The van der Waals surface area contributed by atoms with E-state index >= 15 is 0 Å². The highest BCUT2D eigenvalue weighted by molar-refractivity contribution is 6.24. The van der Waals surface area contributed by atoms with Gasteiger partial charge in [-0.15, -0.1) is 0 Å². The van der Waals surface area contributed by atoms with Crippen molar-refractivity contribution < 1.29 is 47.6 Å². The Bertz CT molecular complexity index is 6700. The zero-order valence-electron chi connectivity index (χ0n) is 76.0. The number of anilines is 2. The molecule has 0 amide bonds. The van der Waals surface area contributed by atoms with Crippen LogP contribution in [-0.2, 0) is 34.0 Å². The second kappa shape index (κ2) is 45.0. The molecule has 0 saturated carbocycles. The van der Waals surface area contributed by atoms with Gasteiger partial charge >= 0.3 is 11.9 Å². The van der Waals surface area contributed by atoms with Gasteiger partial charge in [-0.2, -0.15) is 0 Å². The summed E-state index contributed by atoms with van der Waals surface area (Å²) < 4.78 is 32.0. The highest BCUT2D eigenvalue weighted by Gasteiger charge is 2.46. The Morgan fingerprint density at radius 1 is 0.343 bits per heavy atom. The number of rotatable bonds is 21. The number of hydrogen-bond acceptors (Lipinski definition) is 18. The van der Waals surface area contributed by atoms with E-state index in [0.717, 1.165) is 72.4 Å². The molecular weight excluding hydrogens is 1670 g/mol. The van der Waals surface area contributed by atoms with Crippen LogP contribution in [0, 0.1) is 0 Å². The van der Waals surface area contributed by atoms with E-state index in [4.69, 9.17) is 58.4 Å². The molecule has 19 heteroatoms. The Kier molecular flexibility index (Phi) is 31.1. The SMILES string of the molecule is CC(C)=CN(c1ccccc1)c1ccc(C=C(c2ccccc2)c2ccccc2)cc1.CC(C)=O.CC(C)=O.COCCOC(=O)c1ccccc1.COCCOc1ccc(C2(c3ccc(OCCOC(=O)c4ccccc4)cc3)c3ccccc3-c3ccccc32)cc1.c1ccc2c(c1)C1=NC2=NC2NC(N=C3N=C(N=c4[nH]c(c5ccccc45)=N1)c1ccccc13)c1ccccc12. The fraction of sp³-hybridized carbons (Fsp3) is 0.148. The van der Waals surface area contributed by atoms with Crippen LogP contribution >= 0.6 is 0 Å². The third-order valence-electron chi connectivity index (χ3n) is 22.0. The Labute approximate surface area is 780 Å². The number of ether oxygens (including phenoxy) is 6. The van der Waals surface area contributed by atoms with Gasteiger partial charge in [-0.1, -0.05) is 303 Å². The summed E-state index contributed by atoms with van der Waals surface area (Å²) in [5, 5.41) is 5.54.